The van der Waals surface area contributed by atoms with Crippen LogP contribution in [0.15, 0.2) is 42.5 Å². The van der Waals surface area contributed by atoms with Gasteiger partial charge in [-0.3, -0.25) is 0 Å². The largest absolute Gasteiger partial charge is 0.344 e. The lowest BCUT2D eigenvalue weighted by Crippen LogP contribution is -2.11. The Morgan fingerprint density at radius 3 is 2.55 bits per heavy atom. The average Bonchev–Trinajstić information content (AvgIpc) is 2.53. The molecule has 0 spiro atoms. The van der Waals surface area contributed by atoms with E-state index < -0.39 is 0 Å². The molecular weight excluding hydrogens is 314 g/mol. The van der Waals surface area contributed by atoms with Gasteiger partial charge in [0.2, 0.25) is 0 Å². The minimum atomic E-state index is 0.602. The van der Waals surface area contributed by atoms with Crippen molar-refractivity contribution in [3.63, 3.8) is 0 Å². The van der Waals surface area contributed by atoms with Crippen molar-refractivity contribution in [1.82, 2.24) is 0 Å². The molecule has 0 heterocycles. The summed E-state index contributed by atoms with van der Waals surface area (Å²) in [5.74, 6) is 0. The molecule has 2 aromatic rings. The first-order valence-electron chi connectivity index (χ1n) is 6.02. The van der Waals surface area contributed by atoms with E-state index in [-0.39, 0.29) is 0 Å². The van der Waals surface area contributed by atoms with Gasteiger partial charge in [0.25, 0.3) is 0 Å². The Labute approximate surface area is 126 Å². The highest BCUT2D eigenvalue weighted by atomic mass is 79.9. The Morgan fingerprint density at radius 1 is 1.10 bits per heavy atom. The molecule has 0 aliphatic heterocycles. The monoisotopic (exact) mass is 325 g/mol. The van der Waals surface area contributed by atoms with Crippen LogP contribution in [0.25, 0.3) is 0 Å². The van der Waals surface area contributed by atoms with Crippen molar-refractivity contribution in [1.29, 1.82) is 10.5 Å². The Morgan fingerprint density at radius 2 is 1.90 bits per heavy atom. The molecule has 0 aromatic heterocycles. The van der Waals surface area contributed by atoms with E-state index in [9.17, 15) is 5.26 Å². The van der Waals surface area contributed by atoms with Crippen LogP contribution in [0.2, 0.25) is 0 Å². The molecule has 20 heavy (non-hydrogen) atoms. The molecule has 0 aliphatic carbocycles. The van der Waals surface area contributed by atoms with Gasteiger partial charge in [0.05, 0.1) is 22.9 Å². The molecule has 3 nitrogen and oxygen atoms in total. The van der Waals surface area contributed by atoms with Gasteiger partial charge < -0.3 is 4.90 Å². The zero-order valence-corrected chi connectivity index (χ0v) is 12.6. The molecule has 4 heteroatoms. The zero-order chi connectivity index (χ0) is 14.5. The lowest BCUT2D eigenvalue weighted by atomic mass is 10.1. The molecule has 0 bridgehead atoms. The van der Waals surface area contributed by atoms with Crippen LogP contribution in [-0.2, 0) is 5.33 Å². The van der Waals surface area contributed by atoms with E-state index in [4.69, 9.17) is 5.26 Å². The van der Waals surface area contributed by atoms with Crippen molar-refractivity contribution in [3.05, 3.63) is 59.2 Å². The lowest BCUT2D eigenvalue weighted by molar-refractivity contribution is 1.19. The summed E-state index contributed by atoms with van der Waals surface area (Å²) in [5, 5.41) is 19.0. The van der Waals surface area contributed by atoms with Crippen molar-refractivity contribution in [2.45, 2.75) is 5.33 Å². The summed E-state index contributed by atoms with van der Waals surface area (Å²) < 4.78 is 0. The second-order valence-electron chi connectivity index (χ2n) is 4.32. The van der Waals surface area contributed by atoms with E-state index in [2.05, 4.69) is 28.1 Å². The zero-order valence-electron chi connectivity index (χ0n) is 11.0. The van der Waals surface area contributed by atoms with Crippen molar-refractivity contribution in [3.8, 4) is 12.1 Å². The Hall–Kier alpha value is -2.30. The fraction of sp³-hybridized carbons (Fsp3) is 0.125. The van der Waals surface area contributed by atoms with Gasteiger partial charge in [-0.15, -0.1) is 0 Å². The highest BCUT2D eigenvalue weighted by Crippen LogP contribution is 2.28. The van der Waals surface area contributed by atoms with Crippen molar-refractivity contribution >= 4 is 27.3 Å². The van der Waals surface area contributed by atoms with E-state index >= 15 is 0 Å². The minimum absolute atomic E-state index is 0.602. The number of benzene rings is 2. The molecule has 0 N–H and O–H groups in total. The highest BCUT2D eigenvalue weighted by molar-refractivity contribution is 9.08. The van der Waals surface area contributed by atoms with E-state index in [1.807, 2.05) is 42.3 Å². The van der Waals surface area contributed by atoms with Gasteiger partial charge in [0, 0.05) is 18.1 Å². The Kier molecular flexibility index (Phi) is 4.40. The summed E-state index contributed by atoms with van der Waals surface area (Å²) in [6.07, 6.45) is 0. The molecule has 2 aromatic carbocycles. The molecule has 98 valence electrons. The molecule has 0 fully saturated rings. The van der Waals surface area contributed by atoms with E-state index in [1.54, 1.807) is 12.1 Å². The van der Waals surface area contributed by atoms with Gasteiger partial charge >= 0.3 is 0 Å². The topological polar surface area (TPSA) is 50.8 Å². The Balaban J connectivity index is 2.45. The summed E-state index contributed by atoms with van der Waals surface area (Å²) in [6.45, 7) is 0. The predicted molar refractivity (Wildman–Crippen MR) is 83.0 cm³/mol. The molecule has 0 radical (unpaired) electrons. The third-order valence-electron chi connectivity index (χ3n) is 3.06. The van der Waals surface area contributed by atoms with Crippen molar-refractivity contribution in [2.24, 2.45) is 0 Å². The molecule has 0 aliphatic rings. The van der Waals surface area contributed by atoms with Gasteiger partial charge in [-0.05, 0) is 35.9 Å². The molecule has 0 amide bonds. The molecule has 0 saturated carbocycles. The minimum Gasteiger partial charge on any atom is -0.344 e. The fourth-order valence-electron chi connectivity index (χ4n) is 1.97. The van der Waals surface area contributed by atoms with Crippen molar-refractivity contribution < 1.29 is 0 Å². The SMILES string of the molecule is CN(c1cccc(C#N)c1)c1ccc(CBr)cc1C#N. The molecule has 0 atom stereocenters. The number of anilines is 2. The van der Waals surface area contributed by atoms with Crippen LogP contribution >= 0.6 is 15.9 Å². The van der Waals surface area contributed by atoms with E-state index in [0.29, 0.717) is 11.1 Å². The maximum atomic E-state index is 9.29. The van der Waals surface area contributed by atoms with Crippen LogP contribution in [0.4, 0.5) is 11.4 Å². The predicted octanol–water partition coefficient (Wildman–Crippen LogP) is 4.09. The molecule has 0 saturated heterocycles. The summed E-state index contributed by atoms with van der Waals surface area (Å²) in [4.78, 5) is 1.91. The first-order valence-corrected chi connectivity index (χ1v) is 7.14. The summed E-state index contributed by atoms with van der Waals surface area (Å²) in [5.41, 5.74) is 3.99. The van der Waals surface area contributed by atoms with Gasteiger partial charge in [-0.2, -0.15) is 10.5 Å². The first-order chi connectivity index (χ1) is 9.69. The van der Waals surface area contributed by atoms with Crippen LogP contribution < -0.4 is 4.90 Å². The van der Waals surface area contributed by atoms with Crippen LogP contribution in [0.1, 0.15) is 16.7 Å². The summed E-state index contributed by atoms with van der Waals surface area (Å²) in [6, 6.07) is 17.4. The number of rotatable bonds is 3. The normalized spacial score (nSPS) is 9.60. The van der Waals surface area contributed by atoms with Gasteiger partial charge in [0.1, 0.15) is 6.07 Å². The summed E-state index contributed by atoms with van der Waals surface area (Å²) in [7, 11) is 1.89. The second-order valence-corrected chi connectivity index (χ2v) is 4.88. The van der Waals surface area contributed by atoms with Crippen LogP contribution in [0.3, 0.4) is 0 Å². The summed E-state index contributed by atoms with van der Waals surface area (Å²) >= 11 is 3.39. The van der Waals surface area contributed by atoms with Crippen LogP contribution in [0, 0.1) is 22.7 Å². The quantitative estimate of drug-likeness (QED) is 0.798. The smallest absolute Gasteiger partial charge is 0.101 e. The lowest BCUT2D eigenvalue weighted by Gasteiger charge is -2.21. The van der Waals surface area contributed by atoms with Gasteiger partial charge in [-0.25, -0.2) is 0 Å². The Bertz CT molecular complexity index is 710. The first kappa shape index (κ1) is 14.1. The third kappa shape index (κ3) is 2.82. The van der Waals surface area contributed by atoms with E-state index in [0.717, 1.165) is 22.3 Å². The number of hydrogen-bond donors (Lipinski definition) is 0. The third-order valence-corrected chi connectivity index (χ3v) is 3.71. The second kappa shape index (κ2) is 6.23. The number of nitriles is 2. The molecular formula is C16H12BrN3. The maximum absolute atomic E-state index is 9.29. The fourth-order valence-corrected chi connectivity index (χ4v) is 2.32. The molecule has 0 unspecified atom stereocenters. The highest BCUT2D eigenvalue weighted by Gasteiger charge is 2.10. The van der Waals surface area contributed by atoms with E-state index in [1.165, 1.54) is 0 Å². The van der Waals surface area contributed by atoms with Gasteiger partial charge in [0.15, 0.2) is 0 Å². The molecule has 2 rings (SSSR count). The number of nitrogens with zero attached hydrogens (tertiary/aromatic N) is 3. The number of alkyl halides is 1. The van der Waals surface area contributed by atoms with Gasteiger partial charge in [-0.1, -0.05) is 28.1 Å². The number of hydrogen-bond acceptors (Lipinski definition) is 3. The van der Waals surface area contributed by atoms with Crippen LogP contribution in [-0.4, -0.2) is 7.05 Å². The average molecular weight is 326 g/mol. The number of halogens is 1. The standard InChI is InChI=1S/C16H12BrN3/c1-20(15-4-2-3-13(8-15)10-18)16-6-5-12(9-17)7-14(16)11-19/h2-8H,9H2,1H3. The maximum Gasteiger partial charge on any atom is 0.101 e. The van der Waals surface area contributed by atoms with Crippen molar-refractivity contribution in [2.75, 3.05) is 11.9 Å². The van der Waals surface area contributed by atoms with Crippen LogP contribution in [0.5, 0.6) is 0 Å².